The Balaban J connectivity index is 2.29. The fourth-order valence-electron chi connectivity index (χ4n) is 1.91. The minimum Gasteiger partial charge on any atom is -0.342 e. The van der Waals surface area contributed by atoms with Crippen LogP contribution in [0.4, 0.5) is 0 Å². The zero-order valence-electron chi connectivity index (χ0n) is 9.53. The summed E-state index contributed by atoms with van der Waals surface area (Å²) in [5.41, 5.74) is 0. The Labute approximate surface area is 95.4 Å². The number of rotatable bonds is 4. The van der Waals surface area contributed by atoms with Gasteiger partial charge < -0.3 is 5.32 Å². The topological polar surface area (TPSA) is 73.2 Å². The summed E-state index contributed by atoms with van der Waals surface area (Å²) in [5.74, 6) is 0.180. The first-order valence-corrected chi connectivity index (χ1v) is 5.49. The van der Waals surface area contributed by atoms with Crippen LogP contribution in [0.2, 0.25) is 0 Å². The molecular formula is C11H17N3O2. The molecule has 1 aliphatic carbocycles. The van der Waals surface area contributed by atoms with Crippen molar-refractivity contribution in [1.82, 2.24) is 10.2 Å². The number of ketones is 1. The molecule has 0 radical (unpaired) electrons. The molecule has 5 heteroatoms. The Bertz CT molecular complexity index is 299. The summed E-state index contributed by atoms with van der Waals surface area (Å²) >= 11 is 0. The van der Waals surface area contributed by atoms with E-state index in [1.165, 1.54) is 0 Å². The van der Waals surface area contributed by atoms with Crippen molar-refractivity contribution in [3.8, 4) is 6.07 Å². The van der Waals surface area contributed by atoms with Crippen molar-refractivity contribution in [3.05, 3.63) is 0 Å². The van der Waals surface area contributed by atoms with E-state index in [2.05, 4.69) is 5.32 Å². The van der Waals surface area contributed by atoms with Crippen LogP contribution in [0.3, 0.4) is 0 Å². The van der Waals surface area contributed by atoms with Gasteiger partial charge in [0.2, 0.25) is 5.91 Å². The second-order valence-corrected chi connectivity index (χ2v) is 4.12. The van der Waals surface area contributed by atoms with Crippen LogP contribution in [0.25, 0.3) is 0 Å². The molecule has 0 aliphatic heterocycles. The first-order valence-electron chi connectivity index (χ1n) is 5.49. The maximum Gasteiger partial charge on any atom is 0.235 e. The monoisotopic (exact) mass is 223 g/mol. The summed E-state index contributed by atoms with van der Waals surface area (Å²) in [5, 5.41) is 10.8. The zero-order valence-corrected chi connectivity index (χ0v) is 9.53. The van der Waals surface area contributed by atoms with E-state index in [9.17, 15) is 9.59 Å². The van der Waals surface area contributed by atoms with Gasteiger partial charge in [0.25, 0.3) is 0 Å². The SMILES string of the molecule is CN(CC(=O)NCC#N)C1CCC(=O)CC1. The molecule has 88 valence electrons. The zero-order chi connectivity index (χ0) is 12.0. The predicted molar refractivity (Wildman–Crippen MR) is 58.5 cm³/mol. The fourth-order valence-corrected chi connectivity index (χ4v) is 1.91. The predicted octanol–water partition coefficient (Wildman–Crippen LogP) is 0.0697. The molecule has 1 N–H and O–H groups in total. The van der Waals surface area contributed by atoms with Crippen molar-refractivity contribution < 1.29 is 9.59 Å². The molecule has 0 heterocycles. The number of nitrogens with zero attached hydrogens (tertiary/aromatic N) is 2. The molecule has 1 fully saturated rings. The first kappa shape index (κ1) is 12.7. The summed E-state index contributed by atoms with van der Waals surface area (Å²) in [6.07, 6.45) is 2.91. The third-order valence-electron chi connectivity index (χ3n) is 2.89. The van der Waals surface area contributed by atoms with E-state index in [0.29, 0.717) is 31.2 Å². The van der Waals surface area contributed by atoms with E-state index in [1.807, 2.05) is 18.0 Å². The number of Topliss-reactive ketones (excluding diaryl/α,β-unsaturated/α-hetero) is 1. The Morgan fingerprint density at radius 3 is 2.75 bits per heavy atom. The molecule has 16 heavy (non-hydrogen) atoms. The van der Waals surface area contributed by atoms with Gasteiger partial charge >= 0.3 is 0 Å². The van der Waals surface area contributed by atoms with Crippen molar-refractivity contribution in [2.75, 3.05) is 20.1 Å². The number of nitrogens with one attached hydrogen (secondary N) is 1. The molecule has 0 unspecified atom stereocenters. The number of hydrogen-bond donors (Lipinski definition) is 1. The summed E-state index contributed by atoms with van der Waals surface area (Å²) in [6, 6.07) is 2.17. The van der Waals surface area contributed by atoms with Crippen LogP contribution in [-0.4, -0.2) is 42.8 Å². The smallest absolute Gasteiger partial charge is 0.235 e. The lowest BCUT2D eigenvalue weighted by atomic mass is 9.93. The number of amides is 1. The van der Waals surface area contributed by atoms with E-state index in [4.69, 9.17) is 5.26 Å². The Hall–Kier alpha value is -1.41. The van der Waals surface area contributed by atoms with Gasteiger partial charge in [-0.3, -0.25) is 14.5 Å². The van der Waals surface area contributed by atoms with Crippen LogP contribution in [0.15, 0.2) is 0 Å². The Morgan fingerprint density at radius 1 is 1.56 bits per heavy atom. The normalized spacial score (nSPS) is 17.2. The molecule has 5 nitrogen and oxygen atoms in total. The van der Waals surface area contributed by atoms with Crippen molar-refractivity contribution >= 4 is 11.7 Å². The van der Waals surface area contributed by atoms with E-state index in [0.717, 1.165) is 12.8 Å². The van der Waals surface area contributed by atoms with E-state index in [1.54, 1.807) is 0 Å². The van der Waals surface area contributed by atoms with Gasteiger partial charge in [-0.05, 0) is 19.9 Å². The molecule has 1 rings (SSSR count). The molecule has 0 saturated heterocycles. The second kappa shape index (κ2) is 6.23. The largest absolute Gasteiger partial charge is 0.342 e. The van der Waals surface area contributed by atoms with Crippen molar-refractivity contribution in [2.45, 2.75) is 31.7 Å². The molecule has 1 aliphatic rings. The van der Waals surface area contributed by atoms with E-state index < -0.39 is 0 Å². The number of carbonyl (C=O) groups excluding carboxylic acids is 2. The van der Waals surface area contributed by atoms with Crippen molar-refractivity contribution in [3.63, 3.8) is 0 Å². The van der Waals surface area contributed by atoms with Crippen LogP contribution in [0.1, 0.15) is 25.7 Å². The van der Waals surface area contributed by atoms with Gasteiger partial charge in [-0.25, -0.2) is 0 Å². The molecule has 0 bridgehead atoms. The number of nitriles is 1. The molecule has 0 aromatic rings. The molecule has 0 aromatic heterocycles. The van der Waals surface area contributed by atoms with Crippen molar-refractivity contribution in [1.29, 1.82) is 5.26 Å². The minimum absolute atomic E-state index is 0.0514. The third kappa shape index (κ3) is 3.99. The average Bonchev–Trinajstić information content (AvgIpc) is 2.27. The number of likely N-dealkylation sites (N-methyl/N-ethyl adjacent to an activating group) is 1. The second-order valence-electron chi connectivity index (χ2n) is 4.12. The van der Waals surface area contributed by atoms with Crippen LogP contribution < -0.4 is 5.32 Å². The van der Waals surface area contributed by atoms with Crippen LogP contribution in [0.5, 0.6) is 0 Å². The van der Waals surface area contributed by atoms with Crippen LogP contribution in [-0.2, 0) is 9.59 Å². The molecule has 0 atom stereocenters. The lowest BCUT2D eigenvalue weighted by molar-refractivity contribution is -0.123. The van der Waals surface area contributed by atoms with E-state index >= 15 is 0 Å². The summed E-state index contributed by atoms with van der Waals surface area (Å²) in [4.78, 5) is 24.4. The molecule has 0 spiro atoms. The van der Waals surface area contributed by atoms with Gasteiger partial charge in [-0.1, -0.05) is 0 Å². The number of hydrogen-bond acceptors (Lipinski definition) is 4. The maximum atomic E-state index is 11.3. The summed E-state index contributed by atoms with van der Waals surface area (Å²) in [7, 11) is 1.88. The average molecular weight is 223 g/mol. The van der Waals surface area contributed by atoms with Gasteiger partial charge in [-0.2, -0.15) is 5.26 Å². The quantitative estimate of drug-likeness (QED) is 0.684. The third-order valence-corrected chi connectivity index (χ3v) is 2.89. The lowest BCUT2D eigenvalue weighted by Crippen LogP contribution is -2.42. The highest BCUT2D eigenvalue weighted by Gasteiger charge is 2.23. The number of carbonyl (C=O) groups is 2. The Morgan fingerprint density at radius 2 is 2.19 bits per heavy atom. The van der Waals surface area contributed by atoms with Crippen LogP contribution in [0, 0.1) is 11.3 Å². The molecule has 1 saturated carbocycles. The fraction of sp³-hybridized carbons (Fsp3) is 0.727. The lowest BCUT2D eigenvalue weighted by Gasteiger charge is -2.29. The molecule has 1 amide bonds. The highest BCUT2D eigenvalue weighted by Crippen LogP contribution is 2.18. The maximum absolute atomic E-state index is 11.3. The molecular weight excluding hydrogens is 206 g/mol. The van der Waals surface area contributed by atoms with Gasteiger partial charge in [0, 0.05) is 18.9 Å². The molecule has 0 aromatic carbocycles. The first-order chi connectivity index (χ1) is 7.63. The van der Waals surface area contributed by atoms with Gasteiger partial charge in [-0.15, -0.1) is 0 Å². The highest BCUT2D eigenvalue weighted by atomic mass is 16.2. The minimum atomic E-state index is -0.138. The Kier molecular flexibility index (Phi) is 4.93. The van der Waals surface area contributed by atoms with Gasteiger partial charge in [0.05, 0.1) is 12.6 Å². The van der Waals surface area contributed by atoms with Crippen LogP contribution >= 0.6 is 0 Å². The van der Waals surface area contributed by atoms with Gasteiger partial charge in [0.15, 0.2) is 0 Å². The standard InChI is InChI=1S/C11H17N3O2/c1-14(8-11(16)13-7-6-12)9-2-4-10(15)5-3-9/h9H,2-5,7-8H2,1H3,(H,13,16). The summed E-state index contributed by atoms with van der Waals surface area (Å²) < 4.78 is 0. The summed E-state index contributed by atoms with van der Waals surface area (Å²) in [6.45, 7) is 0.344. The van der Waals surface area contributed by atoms with Crippen molar-refractivity contribution in [2.24, 2.45) is 0 Å². The van der Waals surface area contributed by atoms with Gasteiger partial charge in [0.1, 0.15) is 12.3 Å². The van der Waals surface area contributed by atoms with E-state index in [-0.39, 0.29) is 12.5 Å². The highest BCUT2D eigenvalue weighted by molar-refractivity contribution is 5.79.